The van der Waals surface area contributed by atoms with Crippen LogP contribution in [0.1, 0.15) is 35.3 Å². The van der Waals surface area contributed by atoms with E-state index in [0.717, 1.165) is 40.4 Å². The Hall–Kier alpha value is -3.85. The SMILES string of the molecule is CC1(C)c2ccccc2Oc2ccc(N(c3ccccc3)c3ccc(C=O)cc3)cc21. The summed E-state index contributed by atoms with van der Waals surface area (Å²) in [4.78, 5) is 13.3. The molecule has 1 heterocycles. The Morgan fingerprint density at radius 3 is 2.03 bits per heavy atom. The first kappa shape index (κ1) is 19.1. The molecule has 1 aliphatic rings. The molecule has 0 fully saturated rings. The molecule has 4 aromatic rings. The standard InChI is InChI=1S/C28H23NO2/c1-28(2)24-10-6-7-11-26(24)31-27-17-16-23(18-25(27)28)29(21-8-4-3-5-9-21)22-14-12-20(19-30)13-15-22/h3-19H,1-2H3. The highest BCUT2D eigenvalue weighted by atomic mass is 16.5. The van der Waals surface area contributed by atoms with Crippen LogP contribution in [0.4, 0.5) is 17.1 Å². The second-order valence-corrected chi connectivity index (χ2v) is 8.28. The number of benzene rings is 4. The van der Waals surface area contributed by atoms with Gasteiger partial charge < -0.3 is 9.64 Å². The quantitative estimate of drug-likeness (QED) is 0.331. The predicted molar refractivity (Wildman–Crippen MR) is 125 cm³/mol. The molecule has 5 rings (SSSR count). The molecular formula is C28H23NO2. The maximum atomic E-state index is 11.1. The number of hydrogen-bond donors (Lipinski definition) is 0. The lowest BCUT2D eigenvalue weighted by Gasteiger charge is -2.36. The Labute approximate surface area is 182 Å². The Kier molecular flexibility index (Phi) is 4.59. The Balaban J connectivity index is 1.66. The molecule has 31 heavy (non-hydrogen) atoms. The van der Waals surface area contributed by atoms with Crippen molar-refractivity contribution in [1.29, 1.82) is 0 Å². The molecule has 0 saturated heterocycles. The third-order valence-corrected chi connectivity index (χ3v) is 5.98. The van der Waals surface area contributed by atoms with Gasteiger partial charge in [-0.15, -0.1) is 0 Å². The number of anilines is 3. The van der Waals surface area contributed by atoms with Crippen molar-refractivity contribution in [3.8, 4) is 11.5 Å². The summed E-state index contributed by atoms with van der Waals surface area (Å²) in [6, 6.07) is 32.5. The summed E-state index contributed by atoms with van der Waals surface area (Å²) in [5.74, 6) is 1.80. The highest BCUT2D eigenvalue weighted by molar-refractivity contribution is 5.81. The van der Waals surface area contributed by atoms with Crippen molar-refractivity contribution in [1.82, 2.24) is 0 Å². The van der Waals surface area contributed by atoms with Crippen LogP contribution in [0.2, 0.25) is 0 Å². The lowest BCUT2D eigenvalue weighted by atomic mass is 9.75. The number of para-hydroxylation sites is 2. The van der Waals surface area contributed by atoms with E-state index in [1.807, 2.05) is 54.6 Å². The predicted octanol–water partition coefficient (Wildman–Crippen LogP) is 7.40. The van der Waals surface area contributed by atoms with Crippen molar-refractivity contribution < 1.29 is 9.53 Å². The number of carbonyl (C=O) groups excluding carboxylic acids is 1. The maximum Gasteiger partial charge on any atom is 0.150 e. The first-order valence-electron chi connectivity index (χ1n) is 10.4. The van der Waals surface area contributed by atoms with E-state index in [2.05, 4.69) is 61.2 Å². The normalized spacial score (nSPS) is 13.5. The number of aldehydes is 1. The number of rotatable bonds is 4. The molecule has 0 spiro atoms. The van der Waals surface area contributed by atoms with Crippen LogP contribution in [0, 0.1) is 0 Å². The van der Waals surface area contributed by atoms with Crippen molar-refractivity contribution in [2.24, 2.45) is 0 Å². The van der Waals surface area contributed by atoms with Crippen molar-refractivity contribution in [2.45, 2.75) is 19.3 Å². The summed E-state index contributed by atoms with van der Waals surface area (Å²) in [6.07, 6.45) is 0.868. The molecule has 3 nitrogen and oxygen atoms in total. The second kappa shape index (κ2) is 7.44. The zero-order valence-electron chi connectivity index (χ0n) is 17.6. The lowest BCUT2D eigenvalue weighted by molar-refractivity contribution is 0.112. The molecule has 0 N–H and O–H groups in total. The average molecular weight is 405 g/mol. The molecule has 0 saturated carbocycles. The molecule has 0 aromatic heterocycles. The molecule has 4 aromatic carbocycles. The highest BCUT2D eigenvalue weighted by Crippen LogP contribution is 2.49. The fraction of sp³-hybridized carbons (Fsp3) is 0.107. The van der Waals surface area contributed by atoms with Crippen molar-refractivity contribution in [3.05, 3.63) is 114 Å². The van der Waals surface area contributed by atoms with Gasteiger partial charge in [-0.2, -0.15) is 0 Å². The minimum absolute atomic E-state index is 0.191. The number of hydrogen-bond acceptors (Lipinski definition) is 3. The van der Waals surface area contributed by atoms with Gasteiger partial charge in [-0.3, -0.25) is 4.79 Å². The van der Waals surface area contributed by atoms with E-state index in [1.54, 1.807) is 0 Å². The number of fused-ring (bicyclic) bond motifs is 2. The maximum absolute atomic E-state index is 11.1. The average Bonchev–Trinajstić information content (AvgIpc) is 2.81. The molecule has 152 valence electrons. The number of carbonyl (C=O) groups is 1. The van der Waals surface area contributed by atoms with Crippen LogP contribution in [0.15, 0.2) is 97.1 Å². The van der Waals surface area contributed by atoms with E-state index >= 15 is 0 Å². The van der Waals surface area contributed by atoms with Crippen LogP contribution in [0.3, 0.4) is 0 Å². The summed E-state index contributed by atoms with van der Waals surface area (Å²) < 4.78 is 6.23. The van der Waals surface area contributed by atoms with E-state index in [9.17, 15) is 4.79 Å². The van der Waals surface area contributed by atoms with Gasteiger partial charge in [-0.1, -0.05) is 50.2 Å². The van der Waals surface area contributed by atoms with Gasteiger partial charge in [0.05, 0.1) is 0 Å². The van der Waals surface area contributed by atoms with Crippen molar-refractivity contribution in [3.63, 3.8) is 0 Å². The van der Waals surface area contributed by atoms with Gasteiger partial charge in [0, 0.05) is 39.2 Å². The van der Waals surface area contributed by atoms with E-state index < -0.39 is 0 Å². The molecule has 0 bridgehead atoms. The van der Waals surface area contributed by atoms with Crippen LogP contribution < -0.4 is 9.64 Å². The number of ether oxygens (including phenoxy) is 1. The van der Waals surface area contributed by atoms with E-state index in [4.69, 9.17) is 4.74 Å². The molecular weight excluding hydrogens is 382 g/mol. The van der Waals surface area contributed by atoms with E-state index in [1.165, 1.54) is 5.56 Å². The third kappa shape index (κ3) is 3.28. The molecule has 1 aliphatic heterocycles. The van der Waals surface area contributed by atoms with Gasteiger partial charge in [0.25, 0.3) is 0 Å². The Morgan fingerprint density at radius 1 is 0.677 bits per heavy atom. The van der Waals surface area contributed by atoms with Gasteiger partial charge in [0.15, 0.2) is 0 Å². The van der Waals surface area contributed by atoms with Crippen molar-refractivity contribution in [2.75, 3.05) is 4.90 Å². The van der Waals surface area contributed by atoms with Gasteiger partial charge in [0.1, 0.15) is 17.8 Å². The van der Waals surface area contributed by atoms with Crippen LogP contribution in [-0.2, 0) is 5.41 Å². The lowest BCUT2D eigenvalue weighted by Crippen LogP contribution is -2.24. The summed E-state index contributed by atoms with van der Waals surface area (Å²) >= 11 is 0. The first-order chi connectivity index (χ1) is 15.1. The largest absolute Gasteiger partial charge is 0.457 e. The molecule has 3 heteroatoms. The smallest absolute Gasteiger partial charge is 0.150 e. The van der Waals surface area contributed by atoms with Gasteiger partial charge in [0.2, 0.25) is 0 Å². The fourth-order valence-electron chi connectivity index (χ4n) is 4.30. The third-order valence-electron chi connectivity index (χ3n) is 5.98. The zero-order valence-corrected chi connectivity index (χ0v) is 17.6. The highest BCUT2D eigenvalue weighted by Gasteiger charge is 2.34. The fourth-order valence-corrected chi connectivity index (χ4v) is 4.30. The summed E-state index contributed by atoms with van der Waals surface area (Å²) in [5.41, 5.74) is 5.88. The second-order valence-electron chi connectivity index (χ2n) is 8.28. The Morgan fingerprint density at radius 2 is 1.29 bits per heavy atom. The molecule has 0 unspecified atom stereocenters. The molecule has 0 atom stereocenters. The molecule has 0 amide bonds. The summed E-state index contributed by atoms with van der Waals surface area (Å²) in [7, 11) is 0. The van der Waals surface area contributed by atoms with Gasteiger partial charge in [-0.05, 0) is 60.7 Å². The van der Waals surface area contributed by atoms with Gasteiger partial charge >= 0.3 is 0 Å². The number of nitrogens with zero attached hydrogens (tertiary/aromatic N) is 1. The topological polar surface area (TPSA) is 29.5 Å². The minimum atomic E-state index is -0.191. The van der Waals surface area contributed by atoms with Crippen molar-refractivity contribution >= 4 is 23.3 Å². The minimum Gasteiger partial charge on any atom is -0.457 e. The van der Waals surface area contributed by atoms with Crippen LogP contribution in [-0.4, -0.2) is 6.29 Å². The summed E-state index contributed by atoms with van der Waals surface area (Å²) in [6.45, 7) is 4.48. The first-order valence-corrected chi connectivity index (χ1v) is 10.4. The van der Waals surface area contributed by atoms with Crippen LogP contribution >= 0.6 is 0 Å². The van der Waals surface area contributed by atoms with Crippen LogP contribution in [0.25, 0.3) is 0 Å². The van der Waals surface area contributed by atoms with E-state index in [-0.39, 0.29) is 5.41 Å². The van der Waals surface area contributed by atoms with Crippen LogP contribution in [0.5, 0.6) is 11.5 Å². The molecule has 0 aliphatic carbocycles. The summed E-state index contributed by atoms with van der Waals surface area (Å²) in [5, 5.41) is 0. The molecule has 0 radical (unpaired) electrons. The Bertz CT molecular complexity index is 1240. The monoisotopic (exact) mass is 405 g/mol. The zero-order chi connectivity index (χ0) is 21.4. The van der Waals surface area contributed by atoms with Gasteiger partial charge in [-0.25, -0.2) is 0 Å². The van der Waals surface area contributed by atoms with E-state index in [0.29, 0.717) is 5.56 Å².